The van der Waals surface area contributed by atoms with E-state index in [1.165, 1.54) is 6.20 Å². The molecule has 1 saturated carbocycles. The molecule has 0 unspecified atom stereocenters. The zero-order chi connectivity index (χ0) is 14.6. The van der Waals surface area contributed by atoms with Crippen LogP contribution in [-0.4, -0.2) is 33.3 Å². The molecule has 1 aromatic heterocycles. The molecule has 20 heavy (non-hydrogen) atoms. The predicted octanol–water partition coefficient (Wildman–Crippen LogP) is 2.52. The number of hydrogen-bond donors (Lipinski definition) is 3. The number of nitrogens with zero attached hydrogens (tertiary/aromatic N) is 1. The predicted molar refractivity (Wildman–Crippen MR) is 76.9 cm³/mol. The first-order valence-electron chi connectivity index (χ1n) is 7.17. The second kappa shape index (κ2) is 6.22. The maximum absolute atomic E-state index is 11.1. The lowest BCUT2D eigenvalue weighted by atomic mass is 9.78. The Hall–Kier alpha value is -1.62. The van der Waals surface area contributed by atoms with E-state index in [0.29, 0.717) is 18.2 Å². The fraction of sp³-hybridized carbons (Fsp3) is 0.600. The van der Waals surface area contributed by atoms with Crippen LogP contribution in [0.3, 0.4) is 0 Å². The SMILES string of the molecule is CCC1CCC(O)(CNc2ccncc2C(=O)O)CC1. The van der Waals surface area contributed by atoms with Crippen LogP contribution in [0.1, 0.15) is 49.4 Å². The van der Waals surface area contributed by atoms with Gasteiger partial charge in [0.2, 0.25) is 0 Å². The minimum atomic E-state index is -1.01. The van der Waals surface area contributed by atoms with Crippen LogP contribution in [0.5, 0.6) is 0 Å². The van der Waals surface area contributed by atoms with Crippen LogP contribution in [0.4, 0.5) is 5.69 Å². The first-order valence-corrected chi connectivity index (χ1v) is 7.17. The lowest BCUT2D eigenvalue weighted by Gasteiger charge is -2.36. The summed E-state index contributed by atoms with van der Waals surface area (Å²) in [6, 6.07) is 1.63. The first kappa shape index (κ1) is 14.8. The van der Waals surface area contributed by atoms with E-state index in [1.807, 2.05) is 0 Å². The molecule has 0 saturated heterocycles. The Morgan fingerprint density at radius 2 is 2.20 bits per heavy atom. The molecule has 5 nitrogen and oxygen atoms in total. The van der Waals surface area contributed by atoms with Gasteiger partial charge in [-0.3, -0.25) is 4.98 Å². The maximum Gasteiger partial charge on any atom is 0.339 e. The number of carboxylic acid groups (broad SMARTS) is 1. The van der Waals surface area contributed by atoms with E-state index >= 15 is 0 Å². The number of nitrogens with one attached hydrogen (secondary N) is 1. The van der Waals surface area contributed by atoms with Gasteiger partial charge in [-0.1, -0.05) is 13.3 Å². The van der Waals surface area contributed by atoms with Crippen LogP contribution in [-0.2, 0) is 0 Å². The summed E-state index contributed by atoms with van der Waals surface area (Å²) in [5.41, 5.74) is -0.0815. The van der Waals surface area contributed by atoms with E-state index in [2.05, 4.69) is 17.2 Å². The van der Waals surface area contributed by atoms with Gasteiger partial charge in [0.05, 0.1) is 11.3 Å². The Labute approximate surface area is 119 Å². The molecule has 1 aromatic rings. The molecule has 0 amide bonds. The van der Waals surface area contributed by atoms with Gasteiger partial charge in [0.25, 0.3) is 0 Å². The summed E-state index contributed by atoms with van der Waals surface area (Å²) >= 11 is 0. The molecule has 1 aliphatic rings. The average Bonchev–Trinajstić information content (AvgIpc) is 2.46. The zero-order valence-corrected chi connectivity index (χ0v) is 11.8. The van der Waals surface area contributed by atoms with Crippen LogP contribution >= 0.6 is 0 Å². The summed E-state index contributed by atoms with van der Waals surface area (Å²) in [5.74, 6) is -0.298. The van der Waals surface area contributed by atoms with Crippen LogP contribution in [0.15, 0.2) is 18.5 Å². The Balaban J connectivity index is 1.97. The van der Waals surface area contributed by atoms with Crippen LogP contribution < -0.4 is 5.32 Å². The molecule has 2 rings (SSSR count). The summed E-state index contributed by atoms with van der Waals surface area (Å²) in [6.07, 6.45) is 7.65. The van der Waals surface area contributed by atoms with Crippen molar-refractivity contribution in [3.63, 3.8) is 0 Å². The summed E-state index contributed by atoms with van der Waals surface area (Å²) in [6.45, 7) is 2.57. The van der Waals surface area contributed by atoms with Gasteiger partial charge in [-0.15, -0.1) is 0 Å². The molecule has 1 fully saturated rings. The van der Waals surface area contributed by atoms with E-state index in [9.17, 15) is 9.90 Å². The molecular weight excluding hydrogens is 256 g/mol. The van der Waals surface area contributed by atoms with E-state index in [-0.39, 0.29) is 5.56 Å². The first-order chi connectivity index (χ1) is 9.54. The minimum absolute atomic E-state index is 0.137. The molecule has 0 atom stereocenters. The summed E-state index contributed by atoms with van der Waals surface area (Å²) < 4.78 is 0. The third-order valence-corrected chi connectivity index (χ3v) is 4.27. The van der Waals surface area contributed by atoms with Crippen LogP contribution in [0.2, 0.25) is 0 Å². The molecule has 110 valence electrons. The number of aromatic carboxylic acids is 1. The number of aromatic nitrogens is 1. The molecule has 1 heterocycles. The number of carboxylic acids is 1. The second-order valence-corrected chi connectivity index (χ2v) is 5.66. The van der Waals surface area contributed by atoms with Crippen molar-refractivity contribution < 1.29 is 15.0 Å². The van der Waals surface area contributed by atoms with Gasteiger partial charge in [-0.25, -0.2) is 4.79 Å². The summed E-state index contributed by atoms with van der Waals surface area (Å²) in [7, 11) is 0. The molecule has 0 aliphatic heterocycles. The molecule has 5 heteroatoms. The Morgan fingerprint density at radius 3 is 2.80 bits per heavy atom. The van der Waals surface area contributed by atoms with Crippen molar-refractivity contribution in [2.45, 2.75) is 44.6 Å². The van der Waals surface area contributed by atoms with Gasteiger partial charge in [-0.2, -0.15) is 0 Å². The number of rotatable bonds is 5. The lowest BCUT2D eigenvalue weighted by Crippen LogP contribution is -2.40. The average molecular weight is 278 g/mol. The zero-order valence-electron chi connectivity index (χ0n) is 11.8. The largest absolute Gasteiger partial charge is 0.478 e. The topological polar surface area (TPSA) is 82.5 Å². The van der Waals surface area contributed by atoms with Crippen LogP contribution in [0, 0.1) is 5.92 Å². The molecule has 1 aliphatic carbocycles. The van der Waals surface area contributed by atoms with Crippen LogP contribution in [0.25, 0.3) is 0 Å². The highest BCUT2D eigenvalue weighted by atomic mass is 16.4. The highest BCUT2D eigenvalue weighted by Gasteiger charge is 2.32. The van der Waals surface area contributed by atoms with Gasteiger partial charge in [0, 0.05) is 18.9 Å². The van der Waals surface area contributed by atoms with Crippen molar-refractivity contribution in [3.05, 3.63) is 24.0 Å². The number of pyridine rings is 1. The normalized spacial score (nSPS) is 26.2. The third kappa shape index (κ3) is 3.48. The fourth-order valence-corrected chi connectivity index (χ4v) is 2.78. The van der Waals surface area contributed by atoms with Gasteiger partial charge < -0.3 is 15.5 Å². The number of hydrogen-bond acceptors (Lipinski definition) is 4. The second-order valence-electron chi connectivity index (χ2n) is 5.66. The standard InChI is InChI=1S/C15H22N2O3/c1-2-11-3-6-15(20,7-4-11)10-17-13-5-8-16-9-12(13)14(18)19/h5,8-9,11,20H,2-4,6-7,10H2,1H3,(H,16,17)(H,18,19). The van der Waals surface area contributed by atoms with E-state index in [4.69, 9.17) is 5.11 Å². The third-order valence-electron chi connectivity index (χ3n) is 4.27. The summed E-state index contributed by atoms with van der Waals surface area (Å²) in [5, 5.41) is 22.7. The van der Waals surface area contributed by atoms with Gasteiger partial charge in [0.15, 0.2) is 0 Å². The molecule has 0 radical (unpaired) electrons. The van der Waals surface area contributed by atoms with Crippen molar-refractivity contribution in [3.8, 4) is 0 Å². The number of anilines is 1. The van der Waals surface area contributed by atoms with Gasteiger partial charge >= 0.3 is 5.97 Å². The Bertz CT molecular complexity index is 468. The van der Waals surface area contributed by atoms with Crippen molar-refractivity contribution in [2.24, 2.45) is 5.92 Å². The molecule has 0 bridgehead atoms. The number of aliphatic hydroxyl groups is 1. The fourth-order valence-electron chi connectivity index (χ4n) is 2.78. The highest BCUT2D eigenvalue weighted by molar-refractivity contribution is 5.93. The van der Waals surface area contributed by atoms with Crippen molar-refractivity contribution in [1.29, 1.82) is 0 Å². The van der Waals surface area contributed by atoms with Crippen molar-refractivity contribution in [2.75, 3.05) is 11.9 Å². The smallest absolute Gasteiger partial charge is 0.339 e. The molecule has 0 aromatic carbocycles. The van der Waals surface area contributed by atoms with Crippen molar-refractivity contribution in [1.82, 2.24) is 4.98 Å². The van der Waals surface area contributed by atoms with E-state index in [0.717, 1.165) is 32.1 Å². The Kier molecular flexibility index (Phi) is 4.60. The minimum Gasteiger partial charge on any atom is -0.478 e. The quantitative estimate of drug-likeness (QED) is 0.771. The summed E-state index contributed by atoms with van der Waals surface area (Å²) in [4.78, 5) is 14.9. The lowest BCUT2D eigenvalue weighted by molar-refractivity contribution is 0.00225. The molecular formula is C15H22N2O3. The van der Waals surface area contributed by atoms with Gasteiger partial charge in [-0.05, 0) is 37.7 Å². The van der Waals surface area contributed by atoms with E-state index < -0.39 is 11.6 Å². The Morgan fingerprint density at radius 1 is 1.50 bits per heavy atom. The van der Waals surface area contributed by atoms with E-state index in [1.54, 1.807) is 12.3 Å². The monoisotopic (exact) mass is 278 g/mol. The molecule has 3 N–H and O–H groups in total. The molecule has 0 spiro atoms. The van der Waals surface area contributed by atoms with Gasteiger partial charge in [0.1, 0.15) is 5.56 Å². The highest BCUT2D eigenvalue weighted by Crippen LogP contribution is 2.33. The van der Waals surface area contributed by atoms with Crippen molar-refractivity contribution >= 4 is 11.7 Å². The number of carbonyl (C=O) groups is 1. The maximum atomic E-state index is 11.1.